The Morgan fingerprint density at radius 2 is 2.24 bits per heavy atom. The standard InChI is InChI=1S/C12H18N2O2S/c1-2-5-13-12(15)10-3-4-11(17-10)14-6-8-16-9-7-14/h3-4H,2,5-9H2,1H3,(H,13,15). The Morgan fingerprint density at radius 1 is 1.47 bits per heavy atom. The van der Waals surface area contributed by atoms with Gasteiger partial charge in [0.25, 0.3) is 5.91 Å². The van der Waals surface area contributed by atoms with Crippen LogP contribution in [0.5, 0.6) is 0 Å². The molecule has 0 unspecified atom stereocenters. The van der Waals surface area contributed by atoms with Crippen molar-refractivity contribution in [1.82, 2.24) is 5.32 Å². The molecular formula is C12H18N2O2S. The predicted octanol–water partition coefficient (Wildman–Crippen LogP) is 1.72. The highest BCUT2D eigenvalue weighted by Crippen LogP contribution is 2.26. The minimum Gasteiger partial charge on any atom is -0.378 e. The highest BCUT2D eigenvalue weighted by Gasteiger charge is 2.15. The van der Waals surface area contributed by atoms with E-state index in [1.165, 1.54) is 0 Å². The third-order valence-corrected chi connectivity index (χ3v) is 3.82. The first kappa shape index (κ1) is 12.4. The summed E-state index contributed by atoms with van der Waals surface area (Å²) in [6.07, 6.45) is 0.966. The fourth-order valence-corrected chi connectivity index (χ4v) is 2.70. The fraction of sp³-hybridized carbons (Fsp3) is 0.583. The first-order valence-electron chi connectivity index (χ1n) is 6.02. The molecule has 2 heterocycles. The molecule has 5 heteroatoms. The van der Waals surface area contributed by atoms with E-state index in [1.807, 2.05) is 19.1 Å². The van der Waals surface area contributed by atoms with Crippen LogP contribution in [-0.4, -0.2) is 38.8 Å². The maximum absolute atomic E-state index is 11.8. The van der Waals surface area contributed by atoms with Gasteiger partial charge >= 0.3 is 0 Å². The van der Waals surface area contributed by atoms with Gasteiger partial charge in [-0.3, -0.25) is 4.79 Å². The molecule has 1 aliphatic heterocycles. The Morgan fingerprint density at radius 3 is 2.94 bits per heavy atom. The highest BCUT2D eigenvalue weighted by atomic mass is 32.1. The van der Waals surface area contributed by atoms with Gasteiger partial charge in [0, 0.05) is 19.6 Å². The number of amides is 1. The molecule has 1 aliphatic rings. The van der Waals surface area contributed by atoms with Crippen LogP contribution < -0.4 is 10.2 Å². The molecule has 1 amide bonds. The average Bonchev–Trinajstić information content (AvgIpc) is 2.86. The largest absolute Gasteiger partial charge is 0.378 e. The zero-order chi connectivity index (χ0) is 12.1. The molecule has 1 fully saturated rings. The van der Waals surface area contributed by atoms with Crippen LogP contribution in [-0.2, 0) is 4.74 Å². The Hall–Kier alpha value is -1.07. The molecule has 1 N–H and O–H groups in total. The molecule has 1 saturated heterocycles. The molecule has 0 atom stereocenters. The third-order valence-electron chi connectivity index (χ3n) is 2.67. The minimum absolute atomic E-state index is 0.0383. The number of hydrogen-bond acceptors (Lipinski definition) is 4. The average molecular weight is 254 g/mol. The normalized spacial score (nSPS) is 15.9. The van der Waals surface area contributed by atoms with Gasteiger partial charge in [-0.1, -0.05) is 6.92 Å². The molecule has 17 heavy (non-hydrogen) atoms. The van der Waals surface area contributed by atoms with E-state index in [1.54, 1.807) is 11.3 Å². The molecular weight excluding hydrogens is 236 g/mol. The van der Waals surface area contributed by atoms with Crippen LogP contribution in [0.1, 0.15) is 23.0 Å². The number of nitrogens with one attached hydrogen (secondary N) is 1. The van der Waals surface area contributed by atoms with Crippen molar-refractivity contribution in [3.05, 3.63) is 17.0 Å². The van der Waals surface area contributed by atoms with Crippen LogP contribution in [0.3, 0.4) is 0 Å². The summed E-state index contributed by atoms with van der Waals surface area (Å²) in [6.45, 7) is 6.16. The van der Waals surface area contributed by atoms with Crippen molar-refractivity contribution in [2.75, 3.05) is 37.7 Å². The summed E-state index contributed by atoms with van der Waals surface area (Å²) in [5, 5.41) is 4.06. The van der Waals surface area contributed by atoms with E-state index in [0.717, 1.165) is 49.1 Å². The fourth-order valence-electron chi connectivity index (χ4n) is 1.73. The van der Waals surface area contributed by atoms with Crippen molar-refractivity contribution < 1.29 is 9.53 Å². The van der Waals surface area contributed by atoms with Gasteiger partial charge in [-0.2, -0.15) is 0 Å². The van der Waals surface area contributed by atoms with Crippen molar-refractivity contribution in [2.24, 2.45) is 0 Å². The topological polar surface area (TPSA) is 41.6 Å². The summed E-state index contributed by atoms with van der Waals surface area (Å²) >= 11 is 1.56. The van der Waals surface area contributed by atoms with E-state index in [4.69, 9.17) is 4.74 Å². The van der Waals surface area contributed by atoms with Crippen molar-refractivity contribution in [1.29, 1.82) is 0 Å². The zero-order valence-electron chi connectivity index (χ0n) is 10.1. The molecule has 94 valence electrons. The van der Waals surface area contributed by atoms with Crippen molar-refractivity contribution in [3.63, 3.8) is 0 Å². The lowest BCUT2D eigenvalue weighted by Crippen LogP contribution is -2.35. The maximum Gasteiger partial charge on any atom is 0.261 e. The predicted molar refractivity (Wildman–Crippen MR) is 70.0 cm³/mol. The van der Waals surface area contributed by atoms with Gasteiger partial charge in [-0.05, 0) is 18.6 Å². The van der Waals surface area contributed by atoms with Crippen LogP contribution in [0.25, 0.3) is 0 Å². The Bertz CT molecular complexity index is 372. The van der Waals surface area contributed by atoms with Crippen molar-refractivity contribution in [3.8, 4) is 0 Å². The second-order valence-electron chi connectivity index (χ2n) is 3.99. The number of nitrogens with zero attached hydrogens (tertiary/aromatic N) is 1. The SMILES string of the molecule is CCCNC(=O)c1ccc(N2CCOCC2)s1. The molecule has 0 radical (unpaired) electrons. The third kappa shape index (κ3) is 3.20. The molecule has 1 aromatic heterocycles. The smallest absolute Gasteiger partial charge is 0.261 e. The maximum atomic E-state index is 11.8. The lowest BCUT2D eigenvalue weighted by Gasteiger charge is -2.27. The van der Waals surface area contributed by atoms with Gasteiger partial charge < -0.3 is 15.0 Å². The van der Waals surface area contributed by atoms with Gasteiger partial charge in [-0.25, -0.2) is 0 Å². The number of morpholine rings is 1. The number of ether oxygens (including phenoxy) is 1. The molecule has 0 saturated carbocycles. The molecule has 1 aromatic rings. The summed E-state index contributed by atoms with van der Waals surface area (Å²) < 4.78 is 5.31. The van der Waals surface area contributed by atoms with Crippen LogP contribution in [0.2, 0.25) is 0 Å². The lowest BCUT2D eigenvalue weighted by atomic mass is 10.4. The molecule has 0 aromatic carbocycles. The first-order chi connectivity index (χ1) is 8.31. The van der Waals surface area contributed by atoms with Crippen molar-refractivity contribution >= 4 is 22.2 Å². The van der Waals surface area contributed by atoms with Gasteiger partial charge in [0.05, 0.1) is 23.1 Å². The van der Waals surface area contributed by atoms with E-state index in [-0.39, 0.29) is 5.91 Å². The Balaban J connectivity index is 1.97. The minimum atomic E-state index is 0.0383. The van der Waals surface area contributed by atoms with Gasteiger partial charge in [0.15, 0.2) is 0 Å². The molecule has 0 spiro atoms. The second kappa shape index (κ2) is 6.02. The first-order valence-corrected chi connectivity index (χ1v) is 6.83. The summed E-state index contributed by atoms with van der Waals surface area (Å²) in [5.41, 5.74) is 0. The second-order valence-corrected chi connectivity index (χ2v) is 5.06. The van der Waals surface area contributed by atoms with E-state index < -0.39 is 0 Å². The Labute approximate surface area is 106 Å². The number of carbonyl (C=O) groups excluding carboxylic acids is 1. The summed E-state index contributed by atoms with van der Waals surface area (Å²) in [6, 6.07) is 3.93. The lowest BCUT2D eigenvalue weighted by molar-refractivity contribution is 0.0957. The highest BCUT2D eigenvalue weighted by molar-refractivity contribution is 7.18. The van der Waals surface area contributed by atoms with E-state index >= 15 is 0 Å². The monoisotopic (exact) mass is 254 g/mol. The van der Waals surface area contributed by atoms with Crippen LogP contribution in [0.4, 0.5) is 5.00 Å². The number of thiophene rings is 1. The summed E-state index contributed by atoms with van der Waals surface area (Å²) in [5.74, 6) is 0.0383. The van der Waals surface area contributed by atoms with Crippen molar-refractivity contribution in [2.45, 2.75) is 13.3 Å². The molecule has 2 rings (SSSR count). The summed E-state index contributed by atoms with van der Waals surface area (Å²) in [4.78, 5) is 14.8. The summed E-state index contributed by atoms with van der Waals surface area (Å²) in [7, 11) is 0. The van der Waals surface area contributed by atoms with E-state index in [9.17, 15) is 4.79 Å². The number of anilines is 1. The van der Waals surface area contributed by atoms with Crippen LogP contribution in [0.15, 0.2) is 12.1 Å². The van der Waals surface area contributed by atoms with E-state index in [0.29, 0.717) is 0 Å². The zero-order valence-corrected chi connectivity index (χ0v) is 10.9. The van der Waals surface area contributed by atoms with Gasteiger partial charge in [0.1, 0.15) is 0 Å². The van der Waals surface area contributed by atoms with Gasteiger partial charge in [0.2, 0.25) is 0 Å². The quantitative estimate of drug-likeness (QED) is 0.889. The van der Waals surface area contributed by atoms with Crippen LogP contribution >= 0.6 is 11.3 Å². The molecule has 4 nitrogen and oxygen atoms in total. The number of hydrogen-bond donors (Lipinski definition) is 1. The Kier molecular flexibility index (Phi) is 4.39. The molecule has 0 bridgehead atoms. The van der Waals surface area contributed by atoms with E-state index in [2.05, 4.69) is 10.2 Å². The number of rotatable bonds is 4. The van der Waals surface area contributed by atoms with Crippen LogP contribution in [0, 0.1) is 0 Å². The molecule has 0 aliphatic carbocycles. The number of carbonyl (C=O) groups is 1. The van der Waals surface area contributed by atoms with Gasteiger partial charge in [-0.15, -0.1) is 11.3 Å².